The maximum atomic E-state index is 13.3. The van der Waals surface area contributed by atoms with Crippen LogP contribution < -0.4 is 0 Å². The molecule has 3 heterocycles. The molecular formula is C14H15FN4O3S. The van der Waals surface area contributed by atoms with E-state index < -0.39 is 15.8 Å². The van der Waals surface area contributed by atoms with Crippen molar-refractivity contribution in [2.24, 2.45) is 0 Å². The lowest BCUT2D eigenvalue weighted by Crippen LogP contribution is -2.50. The Morgan fingerprint density at radius 1 is 1.35 bits per heavy atom. The first-order chi connectivity index (χ1) is 11.1. The number of ether oxygens (including phenoxy) is 1. The van der Waals surface area contributed by atoms with Gasteiger partial charge >= 0.3 is 0 Å². The Bertz CT molecular complexity index is 838. The third-order valence-corrected chi connectivity index (χ3v) is 6.19. The zero-order valence-corrected chi connectivity index (χ0v) is 13.0. The first kappa shape index (κ1) is 14.7. The number of benzene rings is 1. The zero-order valence-electron chi connectivity index (χ0n) is 12.2. The normalized spacial score (nSPS) is 24.9. The fourth-order valence-electron chi connectivity index (χ4n) is 3.15. The second-order valence-electron chi connectivity index (χ2n) is 5.70. The van der Waals surface area contributed by atoms with Gasteiger partial charge < -0.3 is 4.74 Å². The number of piperidine rings is 1. The van der Waals surface area contributed by atoms with Crippen molar-refractivity contribution in [2.45, 2.75) is 30.1 Å². The zero-order chi connectivity index (χ0) is 16.0. The van der Waals surface area contributed by atoms with Crippen molar-refractivity contribution < 1.29 is 17.5 Å². The third-order valence-electron chi connectivity index (χ3n) is 4.33. The average Bonchev–Trinajstić information content (AvgIpc) is 3.03. The summed E-state index contributed by atoms with van der Waals surface area (Å²) in [6.45, 7) is 0.924. The van der Waals surface area contributed by atoms with Crippen LogP contribution in [0.15, 0.2) is 35.4 Å². The van der Waals surface area contributed by atoms with Gasteiger partial charge in [0.15, 0.2) is 0 Å². The highest BCUT2D eigenvalue weighted by molar-refractivity contribution is 7.89. The lowest BCUT2D eigenvalue weighted by atomic mass is 10.0. The van der Waals surface area contributed by atoms with Crippen LogP contribution in [0.3, 0.4) is 0 Å². The van der Waals surface area contributed by atoms with Gasteiger partial charge in [-0.3, -0.25) is 0 Å². The van der Waals surface area contributed by atoms with Gasteiger partial charge in [0.2, 0.25) is 10.0 Å². The molecule has 0 N–H and O–H groups in total. The number of rotatable bonds is 2. The van der Waals surface area contributed by atoms with Crippen molar-refractivity contribution in [1.29, 1.82) is 0 Å². The standard InChI is InChI=1S/C14H15FN4O3S/c15-10-2-1-3-12(6-10)23(20,21)18-5-4-13-14(8-18)22-9-11-7-16-17-19(11)13/h1-3,6-7,13-14H,4-5,8-9H2/t13-,14-/m0/s1. The molecule has 0 aliphatic carbocycles. The van der Waals surface area contributed by atoms with E-state index in [0.29, 0.717) is 19.6 Å². The first-order valence-electron chi connectivity index (χ1n) is 7.32. The number of hydrogen-bond acceptors (Lipinski definition) is 5. The fourth-order valence-corrected chi connectivity index (χ4v) is 4.65. The molecule has 0 saturated carbocycles. The van der Waals surface area contributed by atoms with Gasteiger partial charge in [-0.25, -0.2) is 17.5 Å². The highest BCUT2D eigenvalue weighted by atomic mass is 32.2. The van der Waals surface area contributed by atoms with Gasteiger partial charge in [-0.2, -0.15) is 4.31 Å². The van der Waals surface area contributed by atoms with Gasteiger partial charge in [-0.1, -0.05) is 11.3 Å². The van der Waals surface area contributed by atoms with Crippen LogP contribution in [0.2, 0.25) is 0 Å². The molecule has 2 aliphatic rings. The highest BCUT2D eigenvalue weighted by Crippen LogP contribution is 2.32. The number of fused-ring (bicyclic) bond motifs is 3. The van der Waals surface area contributed by atoms with E-state index in [1.807, 2.05) is 4.68 Å². The van der Waals surface area contributed by atoms with Gasteiger partial charge in [-0.15, -0.1) is 5.10 Å². The van der Waals surface area contributed by atoms with E-state index in [9.17, 15) is 12.8 Å². The van der Waals surface area contributed by atoms with Crippen LogP contribution in [-0.2, 0) is 21.4 Å². The van der Waals surface area contributed by atoms with Crippen LogP contribution in [0.5, 0.6) is 0 Å². The second-order valence-corrected chi connectivity index (χ2v) is 7.63. The minimum absolute atomic E-state index is 0.0137. The molecule has 9 heteroatoms. The molecular weight excluding hydrogens is 323 g/mol. The third kappa shape index (κ3) is 2.44. The molecule has 0 bridgehead atoms. The van der Waals surface area contributed by atoms with Crippen LogP contribution in [0.1, 0.15) is 18.2 Å². The quantitative estimate of drug-likeness (QED) is 0.815. The van der Waals surface area contributed by atoms with Crippen molar-refractivity contribution in [3.05, 3.63) is 42.0 Å². The van der Waals surface area contributed by atoms with Crippen molar-refractivity contribution in [3.63, 3.8) is 0 Å². The largest absolute Gasteiger partial charge is 0.368 e. The molecule has 2 aliphatic heterocycles. The van der Waals surface area contributed by atoms with Gasteiger partial charge in [0.25, 0.3) is 0 Å². The van der Waals surface area contributed by atoms with E-state index in [2.05, 4.69) is 10.3 Å². The Balaban J connectivity index is 1.59. The van der Waals surface area contributed by atoms with E-state index in [1.54, 1.807) is 6.20 Å². The molecule has 1 aromatic carbocycles. The van der Waals surface area contributed by atoms with E-state index in [0.717, 1.165) is 11.8 Å². The molecule has 0 spiro atoms. The number of sulfonamides is 1. The Hall–Kier alpha value is -1.84. The number of aromatic nitrogens is 3. The molecule has 0 radical (unpaired) electrons. The predicted octanol–water partition coefficient (Wildman–Crippen LogP) is 0.952. The molecule has 2 aromatic rings. The first-order valence-corrected chi connectivity index (χ1v) is 8.76. The Morgan fingerprint density at radius 3 is 3.04 bits per heavy atom. The molecule has 1 aromatic heterocycles. The molecule has 7 nitrogen and oxygen atoms in total. The van der Waals surface area contributed by atoms with E-state index in [-0.39, 0.29) is 23.6 Å². The van der Waals surface area contributed by atoms with E-state index in [1.165, 1.54) is 22.5 Å². The summed E-state index contributed by atoms with van der Waals surface area (Å²) in [5.41, 5.74) is 0.896. The minimum atomic E-state index is -3.73. The van der Waals surface area contributed by atoms with Crippen LogP contribution in [0.25, 0.3) is 0 Å². The minimum Gasteiger partial charge on any atom is -0.368 e. The molecule has 4 rings (SSSR count). The number of halogens is 1. The van der Waals surface area contributed by atoms with Gasteiger partial charge in [-0.05, 0) is 24.6 Å². The molecule has 1 saturated heterocycles. The maximum Gasteiger partial charge on any atom is 0.243 e. The summed E-state index contributed by atoms with van der Waals surface area (Å²) in [5, 5.41) is 7.95. The maximum absolute atomic E-state index is 13.3. The van der Waals surface area contributed by atoms with E-state index in [4.69, 9.17) is 4.74 Å². The van der Waals surface area contributed by atoms with Crippen molar-refractivity contribution in [3.8, 4) is 0 Å². The van der Waals surface area contributed by atoms with Crippen LogP contribution in [0, 0.1) is 5.82 Å². The van der Waals surface area contributed by atoms with E-state index >= 15 is 0 Å². The Labute approximate surface area is 132 Å². The van der Waals surface area contributed by atoms with Crippen molar-refractivity contribution >= 4 is 10.0 Å². The summed E-state index contributed by atoms with van der Waals surface area (Å²) in [5.74, 6) is -0.567. The Kier molecular flexibility index (Phi) is 3.43. The molecule has 0 unspecified atom stereocenters. The van der Waals surface area contributed by atoms with Gasteiger partial charge in [0.05, 0.1) is 35.5 Å². The molecule has 0 amide bonds. The second kappa shape index (κ2) is 5.36. The van der Waals surface area contributed by atoms with Gasteiger partial charge in [0.1, 0.15) is 5.82 Å². The van der Waals surface area contributed by atoms with Crippen molar-refractivity contribution in [1.82, 2.24) is 19.3 Å². The number of nitrogens with zero attached hydrogens (tertiary/aromatic N) is 4. The highest BCUT2D eigenvalue weighted by Gasteiger charge is 2.40. The summed E-state index contributed by atoms with van der Waals surface area (Å²) < 4.78 is 47.6. The molecule has 1 fully saturated rings. The van der Waals surface area contributed by atoms with Crippen LogP contribution in [-0.4, -0.2) is 46.9 Å². The predicted molar refractivity (Wildman–Crippen MR) is 77.4 cm³/mol. The summed E-state index contributed by atoms with van der Waals surface area (Å²) in [6, 6.07) is 5.05. The average molecular weight is 338 g/mol. The SMILES string of the molecule is O=S(=O)(c1cccc(F)c1)N1CC[C@H]2[C@H](C1)OCc1cnnn12. The van der Waals surface area contributed by atoms with Crippen molar-refractivity contribution in [2.75, 3.05) is 13.1 Å². The smallest absolute Gasteiger partial charge is 0.243 e. The molecule has 2 atom stereocenters. The Morgan fingerprint density at radius 2 is 2.22 bits per heavy atom. The van der Waals surface area contributed by atoms with Gasteiger partial charge in [0, 0.05) is 13.1 Å². The lowest BCUT2D eigenvalue weighted by molar-refractivity contribution is -0.0544. The summed E-state index contributed by atoms with van der Waals surface area (Å²) in [7, 11) is -3.73. The summed E-state index contributed by atoms with van der Waals surface area (Å²) in [4.78, 5) is -0.0341. The fraction of sp³-hybridized carbons (Fsp3) is 0.429. The summed E-state index contributed by atoms with van der Waals surface area (Å²) >= 11 is 0. The number of hydrogen-bond donors (Lipinski definition) is 0. The molecule has 122 valence electrons. The summed E-state index contributed by atoms with van der Waals surface area (Å²) in [6.07, 6.45) is 1.96. The topological polar surface area (TPSA) is 77.3 Å². The van der Waals surface area contributed by atoms with Crippen LogP contribution >= 0.6 is 0 Å². The van der Waals surface area contributed by atoms with Crippen LogP contribution in [0.4, 0.5) is 4.39 Å². The lowest BCUT2D eigenvalue weighted by Gasteiger charge is -2.40. The monoisotopic (exact) mass is 338 g/mol. The molecule has 23 heavy (non-hydrogen) atoms.